The van der Waals surface area contributed by atoms with E-state index in [-0.39, 0.29) is 41.5 Å². The first-order chi connectivity index (χ1) is 11.6. The molecule has 0 bridgehead atoms. The lowest BCUT2D eigenvalue weighted by atomic mass is 9.44. The van der Waals surface area contributed by atoms with Crippen molar-refractivity contribution in [2.75, 3.05) is 0 Å². The van der Waals surface area contributed by atoms with Crippen molar-refractivity contribution in [2.24, 2.45) is 28.6 Å². The number of allylic oxidation sites excluding steroid dienone is 1. The molecule has 0 heterocycles. The van der Waals surface area contributed by atoms with E-state index in [0.717, 1.165) is 18.4 Å². The van der Waals surface area contributed by atoms with Crippen molar-refractivity contribution in [3.05, 3.63) is 11.6 Å². The van der Waals surface area contributed by atoms with Gasteiger partial charge in [0.15, 0.2) is 17.2 Å². The topological polar surface area (TPSA) is 51.2 Å². The number of halogens is 1. The van der Waals surface area contributed by atoms with Crippen molar-refractivity contribution in [3.63, 3.8) is 0 Å². The Morgan fingerprint density at radius 2 is 1.84 bits per heavy atom. The van der Waals surface area contributed by atoms with Crippen LogP contribution in [0.2, 0.25) is 0 Å². The van der Waals surface area contributed by atoms with Gasteiger partial charge in [-0.3, -0.25) is 14.4 Å². The molecule has 3 saturated carbocycles. The lowest BCUT2D eigenvalue weighted by Crippen LogP contribution is -2.65. The first-order valence-electron chi connectivity index (χ1n) is 9.61. The van der Waals surface area contributed by atoms with Gasteiger partial charge in [-0.05, 0) is 56.4 Å². The fourth-order valence-electron chi connectivity index (χ4n) is 6.96. The molecule has 3 fully saturated rings. The second-order valence-corrected chi connectivity index (χ2v) is 9.28. The number of hydrogen-bond donors (Lipinski definition) is 0. The molecule has 4 rings (SSSR count). The number of carbonyl (C=O) groups excluding carboxylic acids is 3. The average molecular weight is 346 g/mol. The Morgan fingerprint density at radius 3 is 2.52 bits per heavy atom. The highest BCUT2D eigenvalue weighted by molar-refractivity contribution is 5.96. The Morgan fingerprint density at radius 1 is 1.12 bits per heavy atom. The molecule has 0 radical (unpaired) electrons. The molecular weight excluding hydrogens is 319 g/mol. The van der Waals surface area contributed by atoms with Gasteiger partial charge in [-0.2, -0.15) is 0 Å². The van der Waals surface area contributed by atoms with Gasteiger partial charge in [0, 0.05) is 30.1 Å². The van der Waals surface area contributed by atoms with E-state index in [2.05, 4.69) is 0 Å². The lowest BCUT2D eigenvalue weighted by molar-refractivity contribution is -0.173. The predicted molar refractivity (Wildman–Crippen MR) is 91.6 cm³/mol. The minimum Gasteiger partial charge on any atom is -0.300 e. The maximum absolute atomic E-state index is 16.6. The summed E-state index contributed by atoms with van der Waals surface area (Å²) in [4.78, 5) is 37.2. The molecule has 0 saturated heterocycles. The molecule has 25 heavy (non-hydrogen) atoms. The number of alkyl halides is 1. The minimum atomic E-state index is -1.88. The monoisotopic (exact) mass is 346 g/mol. The van der Waals surface area contributed by atoms with Crippen LogP contribution >= 0.6 is 0 Å². The van der Waals surface area contributed by atoms with Gasteiger partial charge in [0.25, 0.3) is 0 Å². The Balaban J connectivity index is 1.81. The van der Waals surface area contributed by atoms with Crippen molar-refractivity contribution < 1.29 is 18.8 Å². The summed E-state index contributed by atoms with van der Waals surface area (Å²) in [7, 11) is 0. The third-order valence-electron chi connectivity index (χ3n) is 8.29. The van der Waals surface area contributed by atoms with E-state index in [1.54, 1.807) is 13.0 Å². The zero-order valence-electron chi connectivity index (χ0n) is 15.4. The molecule has 0 spiro atoms. The highest BCUT2D eigenvalue weighted by Crippen LogP contribution is 2.68. The smallest absolute Gasteiger partial charge is 0.180 e. The van der Waals surface area contributed by atoms with E-state index in [0.29, 0.717) is 25.7 Å². The van der Waals surface area contributed by atoms with E-state index in [1.165, 1.54) is 0 Å². The Bertz CT molecular complexity index is 710. The van der Waals surface area contributed by atoms with Crippen molar-refractivity contribution in [1.29, 1.82) is 0 Å². The molecule has 6 atom stereocenters. The summed E-state index contributed by atoms with van der Waals surface area (Å²) >= 11 is 0. The fraction of sp³-hybridized carbons (Fsp3) is 0.762. The van der Waals surface area contributed by atoms with Crippen LogP contribution in [0.25, 0.3) is 0 Å². The summed E-state index contributed by atoms with van der Waals surface area (Å²) in [6, 6.07) is 0. The summed E-state index contributed by atoms with van der Waals surface area (Å²) in [6.45, 7) is 5.50. The van der Waals surface area contributed by atoms with E-state index < -0.39 is 16.5 Å². The number of carbonyl (C=O) groups is 3. The first-order valence-corrected chi connectivity index (χ1v) is 9.61. The molecule has 0 unspecified atom stereocenters. The van der Waals surface area contributed by atoms with Gasteiger partial charge in [-0.1, -0.05) is 19.4 Å². The second kappa shape index (κ2) is 5.11. The summed E-state index contributed by atoms with van der Waals surface area (Å²) in [5.74, 6) is -0.496. The standard InChI is InChI=1S/C21H27FO3/c1-12(23)15-6-7-16-17-5-4-13-10-14(24)8-9-20(13,3)21(17,22)18(25)11-19(15,16)2/h10,15-17H,4-9,11H2,1-3H3/t15-,16+,17+,19-,20+,21+/m1/s1. The quantitative estimate of drug-likeness (QED) is 0.721. The van der Waals surface area contributed by atoms with Crippen LogP contribution in [-0.2, 0) is 14.4 Å². The maximum Gasteiger partial charge on any atom is 0.180 e. The van der Waals surface area contributed by atoms with Crippen LogP contribution in [0.3, 0.4) is 0 Å². The number of hydrogen-bond acceptors (Lipinski definition) is 3. The van der Waals surface area contributed by atoms with E-state index in [9.17, 15) is 14.4 Å². The summed E-state index contributed by atoms with van der Waals surface area (Å²) in [6.07, 6.45) is 5.43. The Hall–Kier alpha value is -1.32. The van der Waals surface area contributed by atoms with Crippen LogP contribution < -0.4 is 0 Å². The van der Waals surface area contributed by atoms with Crippen LogP contribution in [0.15, 0.2) is 11.6 Å². The van der Waals surface area contributed by atoms with E-state index in [4.69, 9.17) is 0 Å². The average Bonchev–Trinajstić information content (AvgIpc) is 2.87. The van der Waals surface area contributed by atoms with Crippen LogP contribution in [-0.4, -0.2) is 23.0 Å². The zero-order valence-corrected chi connectivity index (χ0v) is 15.4. The molecule has 0 aliphatic heterocycles. The molecule has 0 amide bonds. The molecule has 0 aromatic heterocycles. The Labute approximate surface area is 148 Å². The van der Waals surface area contributed by atoms with Gasteiger partial charge in [-0.25, -0.2) is 4.39 Å². The van der Waals surface area contributed by atoms with E-state index in [1.807, 2.05) is 13.8 Å². The number of ketones is 3. The van der Waals surface area contributed by atoms with Crippen LogP contribution in [0.1, 0.15) is 65.7 Å². The maximum atomic E-state index is 16.6. The second-order valence-electron chi connectivity index (χ2n) is 9.28. The highest BCUT2D eigenvalue weighted by Gasteiger charge is 2.71. The van der Waals surface area contributed by atoms with Crippen molar-refractivity contribution in [3.8, 4) is 0 Å². The highest BCUT2D eigenvalue weighted by atomic mass is 19.1. The summed E-state index contributed by atoms with van der Waals surface area (Å²) < 4.78 is 16.6. The molecule has 3 nitrogen and oxygen atoms in total. The minimum absolute atomic E-state index is 0.0557. The van der Waals surface area contributed by atoms with Crippen LogP contribution in [0, 0.1) is 28.6 Å². The van der Waals surface area contributed by atoms with Gasteiger partial charge >= 0.3 is 0 Å². The summed E-state index contributed by atoms with van der Waals surface area (Å²) in [5, 5.41) is 0. The van der Waals surface area contributed by atoms with Crippen LogP contribution in [0.4, 0.5) is 4.39 Å². The van der Waals surface area contributed by atoms with E-state index >= 15 is 4.39 Å². The van der Waals surface area contributed by atoms with Gasteiger partial charge in [0.1, 0.15) is 5.78 Å². The predicted octanol–water partition coefficient (Wildman–Crippen LogP) is 3.99. The van der Waals surface area contributed by atoms with Gasteiger partial charge in [0.05, 0.1) is 0 Å². The normalized spacial score (nSPS) is 49.1. The third-order valence-corrected chi connectivity index (χ3v) is 8.29. The van der Waals surface area contributed by atoms with Crippen molar-refractivity contribution in [2.45, 2.75) is 71.4 Å². The van der Waals surface area contributed by atoms with Gasteiger partial charge in [-0.15, -0.1) is 0 Å². The van der Waals surface area contributed by atoms with Gasteiger partial charge in [0.2, 0.25) is 0 Å². The molecule has 0 N–H and O–H groups in total. The SMILES string of the molecule is CC(=O)[C@H]1CC[C@H]2[C@@H]3CCC4=CC(=O)CC[C@]4(C)[C@@]3(F)C(=O)C[C@]12C. The van der Waals surface area contributed by atoms with Crippen molar-refractivity contribution >= 4 is 17.3 Å². The molecular formula is C21H27FO3. The van der Waals surface area contributed by atoms with Gasteiger partial charge < -0.3 is 0 Å². The lowest BCUT2D eigenvalue weighted by Gasteiger charge is -2.59. The molecule has 136 valence electrons. The van der Waals surface area contributed by atoms with Crippen LogP contribution in [0.5, 0.6) is 0 Å². The molecule has 4 aliphatic rings. The third kappa shape index (κ3) is 1.94. The number of fused-ring (bicyclic) bond motifs is 5. The number of Topliss-reactive ketones (excluding diaryl/α,β-unsaturated/α-hetero) is 2. The fourth-order valence-corrected chi connectivity index (χ4v) is 6.96. The number of rotatable bonds is 1. The molecule has 0 aromatic rings. The largest absolute Gasteiger partial charge is 0.300 e. The van der Waals surface area contributed by atoms with Crippen molar-refractivity contribution in [1.82, 2.24) is 0 Å². The molecule has 4 heteroatoms. The zero-order chi connectivity index (χ0) is 18.2. The first kappa shape index (κ1) is 17.1. The molecule has 0 aromatic carbocycles. The Kier molecular flexibility index (Phi) is 3.50. The molecule has 4 aliphatic carbocycles. The summed E-state index contributed by atoms with van der Waals surface area (Å²) in [5.41, 5.74) is -2.30.